The second kappa shape index (κ2) is 7.06. The number of carbonyl (C=O) groups excluding carboxylic acids is 1. The molecule has 1 aromatic heterocycles. The molecule has 0 aliphatic carbocycles. The van der Waals surface area contributed by atoms with Gasteiger partial charge in [-0.3, -0.25) is 0 Å². The lowest BCUT2D eigenvalue weighted by Crippen LogP contribution is -2.10. The number of nitrogens with two attached hydrogens (primary N) is 1. The SMILES string of the molecule is COC(=O)Oc1nc(-c2c(F)cc(F)c(OC)c2Cl)cc(N)c1Cl. The highest BCUT2D eigenvalue weighted by molar-refractivity contribution is 6.35. The summed E-state index contributed by atoms with van der Waals surface area (Å²) in [6.07, 6.45) is -1.11. The Balaban J connectivity index is 2.68. The van der Waals surface area contributed by atoms with Crippen LogP contribution in [0.5, 0.6) is 11.6 Å². The van der Waals surface area contributed by atoms with Gasteiger partial charge in [0.25, 0.3) is 0 Å². The summed E-state index contributed by atoms with van der Waals surface area (Å²) in [6.45, 7) is 0. The molecule has 10 heteroatoms. The normalized spacial score (nSPS) is 10.4. The van der Waals surface area contributed by atoms with Gasteiger partial charge in [-0.15, -0.1) is 0 Å². The first-order valence-corrected chi connectivity index (χ1v) is 6.99. The Morgan fingerprint density at radius 2 is 1.83 bits per heavy atom. The van der Waals surface area contributed by atoms with Crippen LogP contribution in [-0.2, 0) is 4.74 Å². The average Bonchev–Trinajstić information content (AvgIpc) is 2.51. The molecule has 24 heavy (non-hydrogen) atoms. The van der Waals surface area contributed by atoms with Gasteiger partial charge in [0, 0.05) is 6.07 Å². The number of halogens is 4. The summed E-state index contributed by atoms with van der Waals surface area (Å²) in [6, 6.07) is 1.77. The maximum Gasteiger partial charge on any atom is 0.514 e. The van der Waals surface area contributed by atoms with E-state index in [4.69, 9.17) is 38.4 Å². The second-order valence-electron chi connectivity index (χ2n) is 4.33. The van der Waals surface area contributed by atoms with E-state index < -0.39 is 23.7 Å². The molecule has 1 aromatic carbocycles. The van der Waals surface area contributed by atoms with Gasteiger partial charge in [0.1, 0.15) is 10.8 Å². The highest BCUT2D eigenvalue weighted by atomic mass is 35.5. The molecule has 2 N–H and O–H groups in total. The van der Waals surface area contributed by atoms with Crippen molar-refractivity contribution in [1.29, 1.82) is 0 Å². The van der Waals surface area contributed by atoms with Crippen molar-refractivity contribution >= 4 is 35.0 Å². The topological polar surface area (TPSA) is 83.7 Å². The maximum absolute atomic E-state index is 14.2. The van der Waals surface area contributed by atoms with Crippen molar-refractivity contribution in [3.63, 3.8) is 0 Å². The van der Waals surface area contributed by atoms with Crippen LogP contribution in [0, 0.1) is 11.6 Å². The monoisotopic (exact) mass is 378 g/mol. The van der Waals surface area contributed by atoms with Crippen LogP contribution in [0.25, 0.3) is 11.3 Å². The third-order valence-electron chi connectivity index (χ3n) is 2.89. The molecule has 1 heterocycles. The van der Waals surface area contributed by atoms with E-state index in [-0.39, 0.29) is 32.7 Å². The number of hydrogen-bond donors (Lipinski definition) is 1. The van der Waals surface area contributed by atoms with Gasteiger partial charge in [0.15, 0.2) is 11.6 Å². The molecule has 0 spiro atoms. The summed E-state index contributed by atoms with van der Waals surface area (Å²) < 4.78 is 41.7. The quantitative estimate of drug-likeness (QED) is 0.810. The third kappa shape index (κ3) is 3.29. The van der Waals surface area contributed by atoms with E-state index in [0.29, 0.717) is 6.07 Å². The van der Waals surface area contributed by atoms with E-state index >= 15 is 0 Å². The van der Waals surface area contributed by atoms with Gasteiger partial charge >= 0.3 is 6.16 Å². The Hall–Kier alpha value is -2.32. The molecule has 0 aliphatic heterocycles. The summed E-state index contributed by atoms with van der Waals surface area (Å²) in [5.41, 5.74) is 5.19. The molecule has 0 atom stereocenters. The number of anilines is 1. The van der Waals surface area contributed by atoms with E-state index in [1.54, 1.807) is 0 Å². The minimum Gasteiger partial charge on any atom is -0.492 e. The van der Waals surface area contributed by atoms with E-state index in [1.165, 1.54) is 13.2 Å². The molecule has 0 amide bonds. The van der Waals surface area contributed by atoms with Crippen LogP contribution < -0.4 is 15.2 Å². The highest BCUT2D eigenvalue weighted by Crippen LogP contribution is 2.41. The summed E-state index contributed by atoms with van der Waals surface area (Å²) in [5, 5.41) is -0.553. The van der Waals surface area contributed by atoms with Gasteiger partial charge in [-0.25, -0.2) is 18.6 Å². The van der Waals surface area contributed by atoms with Gasteiger partial charge < -0.3 is 19.9 Å². The van der Waals surface area contributed by atoms with Gasteiger partial charge in [0.2, 0.25) is 5.88 Å². The third-order valence-corrected chi connectivity index (χ3v) is 3.63. The van der Waals surface area contributed by atoms with E-state index in [2.05, 4.69) is 9.72 Å². The van der Waals surface area contributed by atoms with Gasteiger partial charge in [-0.2, -0.15) is 0 Å². The number of rotatable bonds is 3. The fraction of sp³-hybridized carbons (Fsp3) is 0.143. The number of benzene rings is 1. The fourth-order valence-electron chi connectivity index (χ4n) is 1.84. The lowest BCUT2D eigenvalue weighted by atomic mass is 10.1. The number of aromatic nitrogens is 1. The van der Waals surface area contributed by atoms with Crippen LogP contribution in [0.2, 0.25) is 10.0 Å². The molecule has 0 saturated carbocycles. The fourth-order valence-corrected chi connectivity index (χ4v) is 2.33. The Kier molecular flexibility index (Phi) is 5.30. The largest absolute Gasteiger partial charge is 0.514 e. The number of pyridine rings is 1. The highest BCUT2D eigenvalue weighted by Gasteiger charge is 2.23. The number of nitrogen functional groups attached to an aromatic ring is 1. The van der Waals surface area contributed by atoms with Gasteiger partial charge in [0.05, 0.1) is 36.2 Å². The Morgan fingerprint density at radius 3 is 2.42 bits per heavy atom. The average molecular weight is 379 g/mol. The number of nitrogens with zero attached hydrogens (tertiary/aromatic N) is 1. The van der Waals surface area contributed by atoms with Crippen molar-refractivity contribution in [3.8, 4) is 22.9 Å². The first-order chi connectivity index (χ1) is 11.3. The number of carbonyl (C=O) groups is 1. The molecule has 2 rings (SSSR count). The number of hydrogen-bond acceptors (Lipinski definition) is 6. The Bertz CT molecular complexity index is 818. The molecular weight excluding hydrogens is 369 g/mol. The van der Waals surface area contributed by atoms with Crippen LogP contribution >= 0.6 is 23.2 Å². The zero-order chi connectivity index (χ0) is 18.0. The van der Waals surface area contributed by atoms with Crippen molar-refractivity contribution in [2.24, 2.45) is 0 Å². The molecule has 2 aromatic rings. The molecule has 0 radical (unpaired) electrons. The van der Waals surface area contributed by atoms with Crippen LogP contribution in [-0.4, -0.2) is 25.4 Å². The lowest BCUT2D eigenvalue weighted by Gasteiger charge is -2.13. The Morgan fingerprint density at radius 1 is 1.17 bits per heavy atom. The summed E-state index contributed by atoms with van der Waals surface area (Å²) >= 11 is 11.9. The van der Waals surface area contributed by atoms with E-state index in [0.717, 1.165) is 7.11 Å². The number of ether oxygens (including phenoxy) is 3. The molecular formula is C14H10Cl2F2N2O4. The standard InChI is InChI=1S/C14H10Cl2F2N2O4/c1-22-12-6(18)3-5(17)9(11(12)16)8-4-7(19)10(15)13(20-8)24-14(21)23-2/h3-4H,1-2H3,(H2,19,20). The molecule has 0 saturated heterocycles. The predicted molar refractivity (Wildman–Crippen MR) is 83.6 cm³/mol. The smallest absolute Gasteiger partial charge is 0.492 e. The van der Waals surface area contributed by atoms with Crippen LogP contribution in [0.1, 0.15) is 0 Å². The first kappa shape index (κ1) is 18.0. The summed E-state index contributed by atoms with van der Waals surface area (Å²) in [5.74, 6) is -2.80. The first-order valence-electron chi connectivity index (χ1n) is 6.23. The van der Waals surface area contributed by atoms with Crippen molar-refractivity contribution in [2.45, 2.75) is 0 Å². The van der Waals surface area contributed by atoms with Gasteiger partial charge in [-0.1, -0.05) is 23.2 Å². The lowest BCUT2D eigenvalue weighted by molar-refractivity contribution is 0.120. The van der Waals surface area contributed by atoms with Gasteiger partial charge in [-0.05, 0) is 6.07 Å². The summed E-state index contributed by atoms with van der Waals surface area (Å²) in [7, 11) is 2.24. The molecule has 128 valence electrons. The van der Waals surface area contributed by atoms with Crippen LogP contribution in [0.15, 0.2) is 12.1 Å². The molecule has 6 nitrogen and oxygen atoms in total. The Labute approximate surface area is 145 Å². The molecule has 0 fully saturated rings. The van der Waals surface area contributed by atoms with Crippen molar-refractivity contribution < 1.29 is 27.8 Å². The van der Waals surface area contributed by atoms with E-state index in [1.807, 2.05) is 0 Å². The number of methoxy groups -OCH3 is 2. The van der Waals surface area contributed by atoms with Crippen LogP contribution in [0.3, 0.4) is 0 Å². The summed E-state index contributed by atoms with van der Waals surface area (Å²) in [4.78, 5) is 15.1. The van der Waals surface area contributed by atoms with Crippen molar-refractivity contribution in [3.05, 3.63) is 33.8 Å². The maximum atomic E-state index is 14.2. The zero-order valence-corrected chi connectivity index (χ0v) is 13.8. The zero-order valence-electron chi connectivity index (χ0n) is 12.3. The van der Waals surface area contributed by atoms with E-state index in [9.17, 15) is 13.6 Å². The molecule has 0 bridgehead atoms. The molecule has 0 unspecified atom stereocenters. The minimum absolute atomic E-state index is 0.0701. The van der Waals surface area contributed by atoms with Crippen molar-refractivity contribution in [1.82, 2.24) is 4.98 Å². The second-order valence-corrected chi connectivity index (χ2v) is 5.09. The predicted octanol–water partition coefficient (Wildman–Crippen LogP) is 4.07. The minimum atomic E-state index is -1.11. The van der Waals surface area contributed by atoms with Crippen LogP contribution in [0.4, 0.5) is 19.3 Å². The molecule has 0 aliphatic rings. The van der Waals surface area contributed by atoms with Crippen molar-refractivity contribution in [2.75, 3.05) is 20.0 Å².